The first-order valence-electron chi connectivity index (χ1n) is 6.69. The summed E-state index contributed by atoms with van der Waals surface area (Å²) in [5.74, 6) is 0.641. The second-order valence-corrected chi connectivity index (χ2v) is 5.34. The molecule has 1 aliphatic carbocycles. The normalized spacial score (nSPS) is 17.2. The van der Waals surface area contributed by atoms with Gasteiger partial charge in [-0.1, -0.05) is 12.8 Å². The van der Waals surface area contributed by atoms with Crippen LogP contribution in [0.4, 0.5) is 5.69 Å². The number of carbonyl (C=O) groups excluding carboxylic acids is 1. The monoisotopic (exact) mass is 263 g/mol. The third-order valence-electron chi connectivity index (χ3n) is 3.73. The Morgan fingerprint density at radius 2 is 2.11 bits per heavy atom. The first kappa shape index (κ1) is 13.9. The number of amides is 1. The van der Waals surface area contributed by atoms with Crippen LogP contribution in [0.5, 0.6) is 5.75 Å². The van der Waals surface area contributed by atoms with Crippen molar-refractivity contribution >= 4 is 11.6 Å². The molecule has 0 saturated heterocycles. The molecule has 4 nitrogen and oxygen atoms in total. The van der Waals surface area contributed by atoms with Crippen molar-refractivity contribution in [3.63, 3.8) is 0 Å². The maximum Gasteiger partial charge on any atom is 0.227 e. The first-order valence-corrected chi connectivity index (χ1v) is 6.69. The summed E-state index contributed by atoms with van der Waals surface area (Å²) in [5.41, 5.74) is 0.920. The lowest BCUT2D eigenvalue weighted by Crippen LogP contribution is -2.30. The van der Waals surface area contributed by atoms with Gasteiger partial charge in [0.2, 0.25) is 5.91 Å². The highest BCUT2D eigenvalue weighted by Crippen LogP contribution is 2.32. The molecule has 0 aromatic heterocycles. The van der Waals surface area contributed by atoms with Gasteiger partial charge in [0.25, 0.3) is 0 Å². The van der Waals surface area contributed by atoms with Crippen molar-refractivity contribution in [2.75, 3.05) is 12.4 Å². The highest BCUT2D eigenvalue weighted by molar-refractivity contribution is 5.92. The number of aryl methyl sites for hydroxylation is 1. The number of ether oxygens (including phenoxy) is 1. The highest BCUT2D eigenvalue weighted by atomic mass is 16.5. The van der Waals surface area contributed by atoms with E-state index in [2.05, 4.69) is 5.32 Å². The Bertz CT molecular complexity index is 464. The molecular formula is C15H21NO3. The van der Waals surface area contributed by atoms with Crippen LogP contribution >= 0.6 is 0 Å². The van der Waals surface area contributed by atoms with Crippen molar-refractivity contribution < 1.29 is 14.6 Å². The average molecular weight is 263 g/mol. The van der Waals surface area contributed by atoms with Crippen LogP contribution in [-0.2, 0) is 4.79 Å². The molecule has 0 aliphatic heterocycles. The van der Waals surface area contributed by atoms with Crippen LogP contribution in [0, 0.1) is 6.92 Å². The van der Waals surface area contributed by atoms with Crippen LogP contribution in [0.25, 0.3) is 0 Å². The third kappa shape index (κ3) is 3.47. The van der Waals surface area contributed by atoms with Gasteiger partial charge in [-0.05, 0) is 43.5 Å². The lowest BCUT2D eigenvalue weighted by atomic mass is 9.97. The lowest BCUT2D eigenvalue weighted by molar-refractivity contribution is -0.120. The molecule has 1 aromatic carbocycles. The van der Waals surface area contributed by atoms with E-state index >= 15 is 0 Å². The molecule has 0 atom stereocenters. The lowest BCUT2D eigenvalue weighted by Gasteiger charge is -2.21. The summed E-state index contributed by atoms with van der Waals surface area (Å²) >= 11 is 0. The first-order chi connectivity index (χ1) is 9.02. The molecule has 1 aliphatic rings. The molecule has 104 valence electrons. The van der Waals surface area contributed by atoms with Crippen LogP contribution in [0.2, 0.25) is 0 Å². The molecule has 0 radical (unpaired) electrons. The van der Waals surface area contributed by atoms with Crippen molar-refractivity contribution in [2.45, 2.75) is 44.6 Å². The van der Waals surface area contributed by atoms with Crippen molar-refractivity contribution in [3.05, 3.63) is 23.8 Å². The third-order valence-corrected chi connectivity index (χ3v) is 3.73. The number of carbonyl (C=O) groups is 1. The molecule has 1 fully saturated rings. The summed E-state index contributed by atoms with van der Waals surface area (Å²) in [7, 11) is 1.61. The average Bonchev–Trinajstić information content (AvgIpc) is 2.78. The minimum absolute atomic E-state index is 0.127. The van der Waals surface area contributed by atoms with Crippen LogP contribution < -0.4 is 10.1 Å². The molecule has 2 rings (SSSR count). The quantitative estimate of drug-likeness (QED) is 0.878. The summed E-state index contributed by atoms with van der Waals surface area (Å²) in [6, 6.07) is 5.51. The van der Waals surface area contributed by atoms with E-state index in [1.165, 1.54) is 0 Å². The Balaban J connectivity index is 1.98. The fourth-order valence-electron chi connectivity index (χ4n) is 2.61. The topological polar surface area (TPSA) is 58.6 Å². The summed E-state index contributed by atoms with van der Waals surface area (Å²) < 4.78 is 5.13. The van der Waals surface area contributed by atoms with Gasteiger partial charge in [-0.15, -0.1) is 0 Å². The molecule has 0 unspecified atom stereocenters. The largest absolute Gasteiger partial charge is 0.497 e. The number of nitrogens with one attached hydrogen (secondary N) is 1. The molecule has 0 bridgehead atoms. The van der Waals surface area contributed by atoms with Gasteiger partial charge >= 0.3 is 0 Å². The van der Waals surface area contributed by atoms with Crippen molar-refractivity contribution in [2.24, 2.45) is 0 Å². The number of benzene rings is 1. The summed E-state index contributed by atoms with van der Waals surface area (Å²) in [5, 5.41) is 13.1. The van der Waals surface area contributed by atoms with Crippen molar-refractivity contribution in [1.29, 1.82) is 0 Å². The Morgan fingerprint density at radius 3 is 2.68 bits per heavy atom. The van der Waals surface area contributed by atoms with E-state index in [1.54, 1.807) is 7.11 Å². The van der Waals surface area contributed by atoms with Gasteiger partial charge in [-0.25, -0.2) is 0 Å². The zero-order chi connectivity index (χ0) is 13.9. The Kier molecular flexibility index (Phi) is 4.10. The Hall–Kier alpha value is -1.55. The van der Waals surface area contributed by atoms with Crippen LogP contribution in [-0.4, -0.2) is 23.7 Å². The van der Waals surface area contributed by atoms with Crippen LogP contribution in [0.15, 0.2) is 18.2 Å². The number of rotatable bonds is 4. The summed E-state index contributed by atoms with van der Waals surface area (Å²) in [6.07, 6.45) is 3.64. The molecule has 0 spiro atoms. The van der Waals surface area contributed by atoms with E-state index in [1.807, 2.05) is 25.1 Å². The van der Waals surface area contributed by atoms with E-state index in [0.717, 1.165) is 42.7 Å². The van der Waals surface area contributed by atoms with E-state index in [4.69, 9.17) is 4.74 Å². The maximum absolute atomic E-state index is 12.0. The molecule has 0 heterocycles. The predicted octanol–water partition coefficient (Wildman–Crippen LogP) is 2.64. The Morgan fingerprint density at radius 1 is 1.42 bits per heavy atom. The number of anilines is 1. The van der Waals surface area contributed by atoms with Crippen LogP contribution in [0.1, 0.15) is 37.7 Å². The van der Waals surface area contributed by atoms with E-state index in [0.29, 0.717) is 0 Å². The zero-order valence-corrected chi connectivity index (χ0v) is 11.5. The fraction of sp³-hybridized carbons (Fsp3) is 0.533. The standard InChI is InChI=1S/C15H21NO3/c1-11-9-12(19-2)5-6-13(11)16-14(17)10-15(18)7-3-4-8-15/h5-6,9,18H,3-4,7-8,10H2,1-2H3,(H,16,17). The summed E-state index contributed by atoms with van der Waals surface area (Å²) in [6.45, 7) is 1.92. The zero-order valence-electron chi connectivity index (χ0n) is 11.5. The number of methoxy groups -OCH3 is 1. The van der Waals surface area contributed by atoms with Gasteiger partial charge < -0.3 is 15.2 Å². The van der Waals surface area contributed by atoms with Gasteiger partial charge in [0.15, 0.2) is 0 Å². The van der Waals surface area contributed by atoms with Gasteiger partial charge in [0.05, 0.1) is 19.1 Å². The highest BCUT2D eigenvalue weighted by Gasteiger charge is 2.33. The molecular weight excluding hydrogens is 242 g/mol. The van der Waals surface area contributed by atoms with Crippen molar-refractivity contribution in [1.82, 2.24) is 0 Å². The minimum Gasteiger partial charge on any atom is -0.497 e. The maximum atomic E-state index is 12.0. The van der Waals surface area contributed by atoms with Gasteiger partial charge in [-0.3, -0.25) is 4.79 Å². The van der Waals surface area contributed by atoms with Crippen LogP contribution in [0.3, 0.4) is 0 Å². The molecule has 2 N–H and O–H groups in total. The molecule has 1 amide bonds. The second-order valence-electron chi connectivity index (χ2n) is 5.34. The predicted molar refractivity (Wildman–Crippen MR) is 74.4 cm³/mol. The fourth-order valence-corrected chi connectivity index (χ4v) is 2.61. The SMILES string of the molecule is COc1ccc(NC(=O)CC2(O)CCCC2)c(C)c1. The molecule has 1 aromatic rings. The Labute approximate surface area is 113 Å². The number of aliphatic hydroxyl groups is 1. The second kappa shape index (κ2) is 5.61. The smallest absolute Gasteiger partial charge is 0.227 e. The van der Waals surface area contributed by atoms with E-state index < -0.39 is 5.60 Å². The van der Waals surface area contributed by atoms with E-state index in [-0.39, 0.29) is 12.3 Å². The van der Waals surface area contributed by atoms with Gasteiger partial charge in [0.1, 0.15) is 5.75 Å². The number of hydrogen-bond donors (Lipinski definition) is 2. The molecule has 1 saturated carbocycles. The van der Waals surface area contributed by atoms with Gasteiger partial charge in [-0.2, -0.15) is 0 Å². The van der Waals surface area contributed by atoms with Crippen molar-refractivity contribution in [3.8, 4) is 5.75 Å². The minimum atomic E-state index is -0.801. The summed E-state index contributed by atoms with van der Waals surface area (Å²) in [4.78, 5) is 12.0. The van der Waals surface area contributed by atoms with E-state index in [9.17, 15) is 9.90 Å². The molecule has 4 heteroatoms. The molecule has 19 heavy (non-hydrogen) atoms. The number of hydrogen-bond acceptors (Lipinski definition) is 3. The van der Waals surface area contributed by atoms with Gasteiger partial charge in [0, 0.05) is 5.69 Å².